The Morgan fingerprint density at radius 2 is 2.03 bits per heavy atom. The van der Waals surface area contributed by atoms with Gasteiger partial charge >= 0.3 is 5.97 Å². The summed E-state index contributed by atoms with van der Waals surface area (Å²) in [4.78, 5) is 33.4. The number of hydrogen-bond acceptors (Lipinski definition) is 7. The van der Waals surface area contributed by atoms with Crippen LogP contribution in [-0.4, -0.2) is 35.0 Å². The molecule has 1 N–H and O–H groups in total. The van der Waals surface area contributed by atoms with Gasteiger partial charge in [-0.3, -0.25) is 14.6 Å². The van der Waals surface area contributed by atoms with Crippen LogP contribution in [0.1, 0.15) is 28.5 Å². The molecule has 1 amide bonds. The first-order chi connectivity index (χ1) is 14.5. The van der Waals surface area contributed by atoms with E-state index in [9.17, 15) is 9.59 Å². The Balaban J connectivity index is 1.73. The number of nitrogens with one attached hydrogen (secondary N) is 1. The van der Waals surface area contributed by atoms with Gasteiger partial charge in [-0.1, -0.05) is 12.1 Å². The highest BCUT2D eigenvalue weighted by Crippen LogP contribution is 2.23. The molecule has 0 fully saturated rings. The van der Waals surface area contributed by atoms with Gasteiger partial charge in [-0.15, -0.1) is 11.3 Å². The van der Waals surface area contributed by atoms with Gasteiger partial charge in [-0.25, -0.2) is 4.98 Å². The van der Waals surface area contributed by atoms with Crippen molar-refractivity contribution in [1.82, 2.24) is 15.3 Å². The number of amides is 1. The minimum absolute atomic E-state index is 0.286. The van der Waals surface area contributed by atoms with E-state index in [0.29, 0.717) is 17.0 Å². The van der Waals surface area contributed by atoms with Crippen LogP contribution in [0.4, 0.5) is 0 Å². The van der Waals surface area contributed by atoms with Gasteiger partial charge in [0.15, 0.2) is 0 Å². The Morgan fingerprint density at radius 1 is 1.27 bits per heavy atom. The van der Waals surface area contributed by atoms with E-state index in [2.05, 4.69) is 21.4 Å². The largest absolute Gasteiger partial charge is 0.469 e. The average Bonchev–Trinajstić information content (AvgIpc) is 3.28. The summed E-state index contributed by atoms with van der Waals surface area (Å²) in [5, 5.41) is 14.3. The van der Waals surface area contributed by atoms with Crippen molar-refractivity contribution in [2.75, 3.05) is 7.11 Å². The van der Waals surface area contributed by atoms with Crippen LogP contribution in [0.25, 0.3) is 10.6 Å². The number of rotatable bonds is 7. The van der Waals surface area contributed by atoms with Gasteiger partial charge in [0.05, 0.1) is 24.7 Å². The van der Waals surface area contributed by atoms with Crippen LogP contribution in [0.15, 0.2) is 54.2 Å². The molecule has 3 rings (SSSR count). The Kier molecular flexibility index (Phi) is 6.88. The van der Waals surface area contributed by atoms with Gasteiger partial charge in [0.1, 0.15) is 10.7 Å². The molecular weight excluding hydrogens is 400 g/mol. The molecule has 0 aliphatic heterocycles. The predicted molar refractivity (Wildman–Crippen MR) is 113 cm³/mol. The van der Waals surface area contributed by atoms with Crippen LogP contribution in [0.3, 0.4) is 0 Å². The van der Waals surface area contributed by atoms with E-state index < -0.39 is 17.9 Å². The fourth-order valence-electron chi connectivity index (χ4n) is 3.02. The van der Waals surface area contributed by atoms with E-state index in [1.807, 2.05) is 18.2 Å². The Bertz CT molecular complexity index is 1080. The third-order valence-corrected chi connectivity index (χ3v) is 5.53. The van der Waals surface area contributed by atoms with Crippen LogP contribution >= 0.6 is 11.3 Å². The summed E-state index contributed by atoms with van der Waals surface area (Å²) in [6.07, 6.45) is 3.67. The number of nitrogens with zero attached hydrogens (tertiary/aromatic N) is 3. The summed E-state index contributed by atoms with van der Waals surface area (Å²) in [5.74, 6) is -1.40. The number of ether oxygens (including phenoxy) is 1. The number of esters is 1. The molecule has 0 saturated heterocycles. The molecule has 0 radical (unpaired) electrons. The lowest BCUT2D eigenvalue weighted by Crippen LogP contribution is -2.42. The third kappa shape index (κ3) is 5.07. The highest BCUT2D eigenvalue weighted by molar-refractivity contribution is 7.13. The molecule has 2 unspecified atom stereocenters. The quantitative estimate of drug-likeness (QED) is 0.589. The maximum atomic E-state index is 12.7. The first-order valence-electron chi connectivity index (χ1n) is 9.25. The Morgan fingerprint density at radius 3 is 2.73 bits per heavy atom. The average molecular weight is 420 g/mol. The van der Waals surface area contributed by atoms with Gasteiger partial charge in [-0.05, 0) is 43.2 Å². The van der Waals surface area contributed by atoms with Crippen molar-refractivity contribution in [3.63, 3.8) is 0 Å². The number of benzene rings is 1. The Labute approximate surface area is 178 Å². The highest BCUT2D eigenvalue weighted by atomic mass is 32.1. The van der Waals surface area contributed by atoms with E-state index in [1.165, 1.54) is 18.4 Å². The van der Waals surface area contributed by atoms with Gasteiger partial charge in [0.2, 0.25) is 0 Å². The third-order valence-electron chi connectivity index (χ3n) is 4.64. The molecule has 3 aromatic rings. The Hall–Kier alpha value is -3.57. The molecular formula is C22H20N4O3S. The van der Waals surface area contributed by atoms with E-state index in [1.54, 1.807) is 42.9 Å². The molecule has 2 heterocycles. The van der Waals surface area contributed by atoms with Gasteiger partial charge in [0, 0.05) is 29.4 Å². The fraction of sp³-hybridized carbons (Fsp3) is 0.227. The number of methoxy groups -OCH3 is 1. The number of carbonyl (C=O) groups excluding carboxylic acids is 2. The lowest BCUT2D eigenvalue weighted by molar-refractivity contribution is -0.146. The van der Waals surface area contributed by atoms with Crippen molar-refractivity contribution in [2.45, 2.75) is 19.4 Å². The molecule has 0 aliphatic rings. The van der Waals surface area contributed by atoms with Gasteiger partial charge < -0.3 is 10.1 Å². The fourth-order valence-corrected chi connectivity index (χ4v) is 3.83. The minimum atomic E-state index is -0.605. The maximum absolute atomic E-state index is 12.7. The SMILES string of the molecule is COC(=O)C(Cc1cccc(C#N)c1)C(C)NC(=O)c1csc(-c2ccncc2)n1. The van der Waals surface area contributed by atoms with Gasteiger partial charge in [0.25, 0.3) is 5.91 Å². The molecule has 8 heteroatoms. The normalized spacial score (nSPS) is 12.4. The molecule has 2 atom stereocenters. The van der Waals surface area contributed by atoms with Crippen molar-refractivity contribution >= 4 is 23.2 Å². The number of hydrogen-bond donors (Lipinski definition) is 1. The van der Waals surface area contributed by atoms with Crippen molar-refractivity contribution in [3.05, 3.63) is 71.0 Å². The molecule has 152 valence electrons. The molecule has 30 heavy (non-hydrogen) atoms. The zero-order valence-corrected chi connectivity index (χ0v) is 17.3. The van der Waals surface area contributed by atoms with Crippen LogP contribution in [0.5, 0.6) is 0 Å². The molecule has 0 spiro atoms. The highest BCUT2D eigenvalue weighted by Gasteiger charge is 2.28. The van der Waals surface area contributed by atoms with Crippen LogP contribution in [0, 0.1) is 17.2 Å². The minimum Gasteiger partial charge on any atom is -0.469 e. The smallest absolute Gasteiger partial charge is 0.311 e. The maximum Gasteiger partial charge on any atom is 0.311 e. The lowest BCUT2D eigenvalue weighted by Gasteiger charge is -2.22. The number of thiazole rings is 1. The summed E-state index contributed by atoms with van der Waals surface area (Å²) in [7, 11) is 1.32. The summed E-state index contributed by atoms with van der Waals surface area (Å²) in [6, 6.07) is 12.3. The lowest BCUT2D eigenvalue weighted by atomic mass is 9.92. The number of aromatic nitrogens is 2. The molecule has 2 aromatic heterocycles. The van der Waals surface area contributed by atoms with E-state index in [0.717, 1.165) is 11.1 Å². The van der Waals surface area contributed by atoms with Crippen molar-refractivity contribution in [3.8, 4) is 16.6 Å². The van der Waals surface area contributed by atoms with Crippen molar-refractivity contribution < 1.29 is 14.3 Å². The zero-order chi connectivity index (χ0) is 21.5. The van der Waals surface area contributed by atoms with Gasteiger partial charge in [-0.2, -0.15) is 5.26 Å². The van der Waals surface area contributed by atoms with Crippen molar-refractivity contribution in [2.24, 2.45) is 5.92 Å². The standard InChI is InChI=1S/C22H20N4O3S/c1-14(18(22(28)29-2)11-15-4-3-5-16(10-15)12-23)25-20(27)19-13-30-21(26-19)17-6-8-24-9-7-17/h3-10,13-14,18H,11H2,1-2H3,(H,25,27). The second-order valence-electron chi connectivity index (χ2n) is 6.68. The first-order valence-corrected chi connectivity index (χ1v) is 10.1. The second kappa shape index (κ2) is 9.76. The van der Waals surface area contributed by atoms with E-state index in [-0.39, 0.29) is 11.6 Å². The number of pyridine rings is 1. The zero-order valence-electron chi connectivity index (χ0n) is 16.5. The number of nitriles is 1. The topological polar surface area (TPSA) is 105 Å². The summed E-state index contributed by atoms with van der Waals surface area (Å²) in [6.45, 7) is 1.75. The number of carbonyl (C=O) groups is 2. The van der Waals surface area contributed by atoms with Crippen molar-refractivity contribution in [1.29, 1.82) is 5.26 Å². The van der Waals surface area contributed by atoms with Crippen LogP contribution < -0.4 is 5.32 Å². The monoisotopic (exact) mass is 420 g/mol. The molecule has 0 aliphatic carbocycles. The van der Waals surface area contributed by atoms with Crippen LogP contribution in [-0.2, 0) is 16.0 Å². The molecule has 1 aromatic carbocycles. The predicted octanol–water partition coefficient (Wildman–Crippen LogP) is 3.23. The molecule has 0 bridgehead atoms. The van der Waals surface area contributed by atoms with E-state index in [4.69, 9.17) is 10.00 Å². The summed E-state index contributed by atoms with van der Waals surface area (Å²) in [5.41, 5.74) is 2.50. The summed E-state index contributed by atoms with van der Waals surface area (Å²) >= 11 is 1.36. The second-order valence-corrected chi connectivity index (χ2v) is 7.54. The van der Waals surface area contributed by atoms with Crippen LogP contribution in [0.2, 0.25) is 0 Å². The first kappa shape index (κ1) is 21.1. The summed E-state index contributed by atoms with van der Waals surface area (Å²) < 4.78 is 4.94. The molecule has 0 saturated carbocycles. The molecule has 7 nitrogen and oxygen atoms in total. The van der Waals surface area contributed by atoms with E-state index >= 15 is 0 Å².